The van der Waals surface area contributed by atoms with Crippen molar-refractivity contribution in [3.8, 4) is 33.4 Å². The van der Waals surface area contributed by atoms with Crippen molar-refractivity contribution in [3.05, 3.63) is 212 Å². The molecule has 11 rings (SSSR count). The molecule has 0 saturated heterocycles. The zero-order valence-electron chi connectivity index (χ0n) is 30.6. The molecule has 0 fully saturated rings. The second-order valence-corrected chi connectivity index (χ2v) is 15.5. The second-order valence-electron chi connectivity index (χ2n) is 14.4. The van der Waals surface area contributed by atoms with Crippen molar-refractivity contribution in [2.45, 2.75) is 0 Å². The SMILES string of the molecule is c1cc(-c2cccc3ccccc23)cc(N(c2ccc(-c3cccc4c3sc3ccccc34)cc2)c2ccccc2-c2cc3ccccc3c3ccccc23)c1. The van der Waals surface area contributed by atoms with E-state index in [0.29, 0.717) is 0 Å². The normalized spacial score (nSPS) is 11.6. The standard InChI is InChI=1S/C54H35NS/c1-3-19-42-36(14-1)16-12-25-43(42)38-17-11-18-41(34-38)55(40-32-30-37(31-33-40)45-26-13-27-50-49-24-8-10-29-53(49)56-54(45)50)52-28-9-7-23-48(52)51-35-39-15-2-4-20-44(39)46-21-5-6-22-47(46)51/h1-35H. The highest BCUT2D eigenvalue weighted by Crippen LogP contribution is 2.46. The number of thiophene rings is 1. The summed E-state index contributed by atoms with van der Waals surface area (Å²) in [6, 6.07) is 77.8. The van der Waals surface area contributed by atoms with Gasteiger partial charge in [0.15, 0.2) is 0 Å². The van der Waals surface area contributed by atoms with E-state index < -0.39 is 0 Å². The third-order valence-electron chi connectivity index (χ3n) is 11.2. The minimum absolute atomic E-state index is 1.10. The Bertz CT molecular complexity index is 3260. The third kappa shape index (κ3) is 5.38. The number of nitrogens with zero attached hydrogens (tertiary/aromatic N) is 1. The monoisotopic (exact) mass is 729 g/mol. The number of anilines is 3. The van der Waals surface area contributed by atoms with Crippen LogP contribution in [-0.4, -0.2) is 0 Å². The van der Waals surface area contributed by atoms with Crippen molar-refractivity contribution in [1.82, 2.24) is 0 Å². The first-order valence-corrected chi connectivity index (χ1v) is 20.0. The van der Waals surface area contributed by atoms with Crippen molar-refractivity contribution in [2.75, 3.05) is 4.90 Å². The minimum atomic E-state index is 1.10. The Morgan fingerprint density at radius 3 is 1.79 bits per heavy atom. The summed E-state index contributed by atoms with van der Waals surface area (Å²) in [6.07, 6.45) is 0. The predicted molar refractivity (Wildman–Crippen MR) is 243 cm³/mol. The summed E-state index contributed by atoms with van der Waals surface area (Å²) in [5.41, 5.74) is 10.6. The summed E-state index contributed by atoms with van der Waals surface area (Å²) >= 11 is 1.88. The molecule has 1 heterocycles. The molecule has 11 aromatic rings. The molecule has 56 heavy (non-hydrogen) atoms. The molecule has 0 aliphatic rings. The Labute approximate surface area is 330 Å². The molecule has 0 unspecified atom stereocenters. The maximum atomic E-state index is 2.44. The van der Waals surface area contributed by atoms with Crippen LogP contribution in [-0.2, 0) is 0 Å². The summed E-state index contributed by atoms with van der Waals surface area (Å²) in [4.78, 5) is 2.44. The molecule has 0 aliphatic heterocycles. The number of hydrogen-bond acceptors (Lipinski definition) is 2. The molecule has 0 radical (unpaired) electrons. The van der Waals surface area contributed by atoms with E-state index in [2.05, 4.69) is 217 Å². The average Bonchev–Trinajstić information content (AvgIpc) is 3.66. The maximum absolute atomic E-state index is 2.44. The van der Waals surface area contributed by atoms with Crippen LogP contribution < -0.4 is 4.90 Å². The van der Waals surface area contributed by atoms with Gasteiger partial charge in [-0.05, 0) is 103 Å². The van der Waals surface area contributed by atoms with Crippen LogP contribution in [0.4, 0.5) is 17.1 Å². The quantitative estimate of drug-likeness (QED) is 0.154. The zero-order chi connectivity index (χ0) is 37.0. The van der Waals surface area contributed by atoms with Gasteiger partial charge in [0.05, 0.1) is 5.69 Å². The predicted octanol–water partition coefficient (Wildman–Crippen LogP) is 16.0. The first-order valence-electron chi connectivity index (χ1n) is 19.2. The van der Waals surface area contributed by atoms with Gasteiger partial charge in [0.1, 0.15) is 0 Å². The lowest BCUT2D eigenvalue weighted by molar-refractivity contribution is 1.28. The van der Waals surface area contributed by atoms with Crippen molar-refractivity contribution >= 4 is 80.9 Å². The number of fused-ring (bicyclic) bond motifs is 7. The van der Waals surface area contributed by atoms with E-state index in [4.69, 9.17) is 0 Å². The molecule has 2 heteroatoms. The fourth-order valence-electron chi connectivity index (χ4n) is 8.65. The maximum Gasteiger partial charge on any atom is 0.0540 e. The summed E-state index contributed by atoms with van der Waals surface area (Å²) < 4.78 is 2.65. The Hall–Kier alpha value is -7.00. The highest BCUT2D eigenvalue weighted by molar-refractivity contribution is 7.26. The van der Waals surface area contributed by atoms with Crippen molar-refractivity contribution in [2.24, 2.45) is 0 Å². The Morgan fingerprint density at radius 1 is 0.304 bits per heavy atom. The van der Waals surface area contributed by atoms with Crippen LogP contribution in [0.5, 0.6) is 0 Å². The topological polar surface area (TPSA) is 3.24 Å². The van der Waals surface area contributed by atoms with Crippen LogP contribution in [0.25, 0.3) is 85.9 Å². The summed E-state index contributed by atoms with van der Waals surface area (Å²) in [5, 5.41) is 10.1. The lowest BCUT2D eigenvalue weighted by atomic mass is 9.92. The van der Waals surface area contributed by atoms with E-state index in [9.17, 15) is 0 Å². The number of rotatable bonds is 6. The van der Waals surface area contributed by atoms with Gasteiger partial charge in [-0.25, -0.2) is 0 Å². The minimum Gasteiger partial charge on any atom is -0.310 e. The molecular formula is C54H35NS. The molecule has 1 aromatic heterocycles. The van der Waals surface area contributed by atoms with Crippen LogP contribution in [0, 0.1) is 0 Å². The van der Waals surface area contributed by atoms with Crippen LogP contribution in [0.2, 0.25) is 0 Å². The van der Waals surface area contributed by atoms with Crippen LogP contribution >= 0.6 is 11.3 Å². The van der Waals surface area contributed by atoms with E-state index in [0.717, 1.165) is 17.1 Å². The smallest absolute Gasteiger partial charge is 0.0540 e. The van der Waals surface area contributed by atoms with E-state index >= 15 is 0 Å². The van der Waals surface area contributed by atoms with Gasteiger partial charge in [-0.15, -0.1) is 11.3 Å². The zero-order valence-corrected chi connectivity index (χ0v) is 31.4. The van der Waals surface area contributed by atoms with Gasteiger partial charge < -0.3 is 4.90 Å². The molecule has 0 N–H and O–H groups in total. The van der Waals surface area contributed by atoms with E-state index in [-0.39, 0.29) is 0 Å². The Balaban J connectivity index is 1.12. The highest BCUT2D eigenvalue weighted by Gasteiger charge is 2.20. The third-order valence-corrected chi connectivity index (χ3v) is 12.5. The fourth-order valence-corrected chi connectivity index (χ4v) is 9.89. The van der Waals surface area contributed by atoms with Crippen molar-refractivity contribution in [1.29, 1.82) is 0 Å². The lowest BCUT2D eigenvalue weighted by Gasteiger charge is -2.29. The van der Waals surface area contributed by atoms with Crippen molar-refractivity contribution < 1.29 is 0 Å². The first kappa shape index (κ1) is 32.4. The lowest BCUT2D eigenvalue weighted by Crippen LogP contribution is -2.11. The fraction of sp³-hybridized carbons (Fsp3) is 0. The van der Waals surface area contributed by atoms with E-state index in [1.807, 2.05) is 11.3 Å². The van der Waals surface area contributed by atoms with Gasteiger partial charge in [-0.2, -0.15) is 0 Å². The van der Waals surface area contributed by atoms with Gasteiger partial charge in [0, 0.05) is 37.1 Å². The Morgan fingerprint density at radius 2 is 0.911 bits per heavy atom. The summed E-state index contributed by atoms with van der Waals surface area (Å²) in [7, 11) is 0. The second kappa shape index (κ2) is 13.4. The molecule has 262 valence electrons. The Kier molecular flexibility index (Phi) is 7.75. The van der Waals surface area contributed by atoms with Gasteiger partial charge in [-0.3, -0.25) is 0 Å². The molecule has 1 nitrogen and oxygen atoms in total. The molecule has 0 amide bonds. The van der Waals surface area contributed by atoms with Crippen LogP contribution in [0.3, 0.4) is 0 Å². The van der Waals surface area contributed by atoms with Crippen LogP contribution in [0.15, 0.2) is 212 Å². The van der Waals surface area contributed by atoms with Gasteiger partial charge in [0.25, 0.3) is 0 Å². The highest BCUT2D eigenvalue weighted by atomic mass is 32.1. The molecule has 0 aliphatic carbocycles. The molecular weight excluding hydrogens is 695 g/mol. The van der Waals surface area contributed by atoms with E-state index in [1.54, 1.807) is 0 Å². The summed E-state index contributed by atoms with van der Waals surface area (Å²) in [6.45, 7) is 0. The molecule has 10 aromatic carbocycles. The largest absolute Gasteiger partial charge is 0.310 e. The molecule has 0 saturated carbocycles. The number of para-hydroxylation sites is 1. The van der Waals surface area contributed by atoms with Gasteiger partial charge in [0.2, 0.25) is 0 Å². The van der Waals surface area contributed by atoms with Crippen LogP contribution in [0.1, 0.15) is 0 Å². The van der Waals surface area contributed by atoms with E-state index in [1.165, 1.54) is 85.9 Å². The van der Waals surface area contributed by atoms with Crippen molar-refractivity contribution in [3.63, 3.8) is 0 Å². The summed E-state index contributed by atoms with van der Waals surface area (Å²) in [5.74, 6) is 0. The number of hydrogen-bond donors (Lipinski definition) is 0. The van der Waals surface area contributed by atoms with Gasteiger partial charge >= 0.3 is 0 Å². The average molecular weight is 730 g/mol. The molecule has 0 atom stereocenters. The van der Waals surface area contributed by atoms with Gasteiger partial charge in [-0.1, -0.05) is 170 Å². The number of benzene rings is 10. The molecule has 0 spiro atoms. The molecule has 0 bridgehead atoms. The first-order chi connectivity index (χ1) is 27.8.